The summed E-state index contributed by atoms with van der Waals surface area (Å²) in [5, 5.41) is 24.7. The summed E-state index contributed by atoms with van der Waals surface area (Å²) in [6, 6.07) is 13.7. The monoisotopic (exact) mass is 442 g/mol. The fourth-order valence-electron chi connectivity index (χ4n) is 3.54. The molecule has 0 spiro atoms. The van der Waals surface area contributed by atoms with E-state index in [4.69, 9.17) is 0 Å². The number of benzene rings is 3. The van der Waals surface area contributed by atoms with Crippen molar-refractivity contribution in [3.63, 3.8) is 0 Å². The molecule has 33 heavy (non-hydrogen) atoms. The number of imide groups is 1. The minimum absolute atomic E-state index is 0.0565. The highest BCUT2D eigenvalue weighted by atomic mass is 16.4. The lowest BCUT2D eigenvalue weighted by Gasteiger charge is -2.18. The molecule has 0 saturated heterocycles. The number of amides is 3. The quantitative estimate of drug-likeness (QED) is 0.574. The number of carboxylic acid groups (broad SMARTS) is 2. The van der Waals surface area contributed by atoms with Gasteiger partial charge in [-0.1, -0.05) is 18.2 Å². The first-order chi connectivity index (χ1) is 15.7. The number of hydrogen-bond donors (Lipinski definition) is 1. The SMILES string of the molecule is Cc1ccc(C(=O)Nc2cc(C(=O)[O-])cc(C(=O)[O-])c2)cc1N1C(=O)c2ccccc2C1=O. The van der Waals surface area contributed by atoms with E-state index in [2.05, 4.69) is 5.32 Å². The number of carbonyl (C=O) groups is 5. The summed E-state index contributed by atoms with van der Waals surface area (Å²) < 4.78 is 0. The second kappa shape index (κ2) is 8.04. The molecule has 3 aromatic rings. The normalized spacial score (nSPS) is 12.5. The van der Waals surface area contributed by atoms with E-state index in [9.17, 15) is 34.2 Å². The Bertz CT molecular complexity index is 1310. The largest absolute Gasteiger partial charge is 0.545 e. The highest BCUT2D eigenvalue weighted by Gasteiger charge is 2.37. The Hall–Kier alpha value is -4.79. The number of aryl methyl sites for hydroxylation is 1. The second-order valence-corrected chi connectivity index (χ2v) is 7.32. The Kier molecular flexibility index (Phi) is 5.23. The van der Waals surface area contributed by atoms with Gasteiger partial charge in [0.05, 0.1) is 28.8 Å². The highest BCUT2D eigenvalue weighted by molar-refractivity contribution is 6.34. The van der Waals surface area contributed by atoms with Gasteiger partial charge in [-0.05, 0) is 66.1 Å². The van der Waals surface area contributed by atoms with Gasteiger partial charge in [0.2, 0.25) is 0 Å². The van der Waals surface area contributed by atoms with Gasteiger partial charge in [0, 0.05) is 11.3 Å². The van der Waals surface area contributed by atoms with Crippen LogP contribution >= 0.6 is 0 Å². The molecule has 0 radical (unpaired) electrons. The minimum Gasteiger partial charge on any atom is -0.545 e. The number of aromatic carboxylic acids is 2. The van der Waals surface area contributed by atoms with E-state index in [1.807, 2.05) is 0 Å². The predicted molar refractivity (Wildman–Crippen MR) is 112 cm³/mol. The summed E-state index contributed by atoms with van der Waals surface area (Å²) in [7, 11) is 0. The zero-order valence-corrected chi connectivity index (χ0v) is 17.1. The van der Waals surface area contributed by atoms with Crippen LogP contribution in [0, 0.1) is 6.92 Å². The molecule has 4 rings (SSSR count). The maximum absolute atomic E-state index is 12.8. The predicted octanol–water partition coefficient (Wildman–Crippen LogP) is 0.775. The van der Waals surface area contributed by atoms with Gasteiger partial charge >= 0.3 is 0 Å². The van der Waals surface area contributed by atoms with Crippen LogP contribution in [0.25, 0.3) is 0 Å². The van der Waals surface area contributed by atoms with Crippen LogP contribution in [0.1, 0.15) is 57.4 Å². The summed E-state index contributed by atoms with van der Waals surface area (Å²) in [6.07, 6.45) is 0. The van der Waals surface area contributed by atoms with Gasteiger partial charge in [-0.25, -0.2) is 4.90 Å². The van der Waals surface area contributed by atoms with E-state index in [1.54, 1.807) is 37.3 Å². The number of rotatable bonds is 5. The molecular weight excluding hydrogens is 428 g/mol. The van der Waals surface area contributed by atoms with Crippen LogP contribution in [0.15, 0.2) is 60.7 Å². The smallest absolute Gasteiger partial charge is 0.266 e. The lowest BCUT2D eigenvalue weighted by Crippen LogP contribution is -2.30. The molecule has 0 bridgehead atoms. The third-order valence-electron chi connectivity index (χ3n) is 5.17. The Balaban J connectivity index is 1.67. The number of nitrogens with zero attached hydrogens (tertiary/aromatic N) is 1. The third kappa shape index (κ3) is 3.83. The van der Waals surface area contributed by atoms with Gasteiger partial charge in [-0.3, -0.25) is 14.4 Å². The summed E-state index contributed by atoms with van der Waals surface area (Å²) in [6.45, 7) is 1.68. The lowest BCUT2D eigenvalue weighted by molar-refractivity contribution is -0.255. The van der Waals surface area contributed by atoms with Crippen molar-refractivity contribution in [2.45, 2.75) is 6.92 Å². The van der Waals surface area contributed by atoms with Crippen LogP contribution in [0.4, 0.5) is 11.4 Å². The van der Waals surface area contributed by atoms with Crippen molar-refractivity contribution in [1.29, 1.82) is 0 Å². The van der Waals surface area contributed by atoms with Crippen LogP contribution in [-0.4, -0.2) is 29.7 Å². The number of fused-ring (bicyclic) bond motifs is 1. The van der Waals surface area contributed by atoms with Gasteiger partial charge in [0.25, 0.3) is 17.7 Å². The Morgan fingerprint density at radius 2 is 1.30 bits per heavy atom. The zero-order chi connectivity index (χ0) is 23.9. The number of carboxylic acids is 2. The van der Waals surface area contributed by atoms with Crippen molar-refractivity contribution < 1.29 is 34.2 Å². The van der Waals surface area contributed by atoms with Crippen LogP contribution in [-0.2, 0) is 0 Å². The molecular formula is C24H14N2O7-2. The fraction of sp³-hybridized carbons (Fsp3) is 0.0417. The minimum atomic E-state index is -1.63. The molecule has 0 aromatic heterocycles. The molecule has 0 saturated carbocycles. The van der Waals surface area contributed by atoms with Crippen molar-refractivity contribution in [2.24, 2.45) is 0 Å². The molecule has 3 aromatic carbocycles. The van der Waals surface area contributed by atoms with Crippen molar-refractivity contribution in [3.8, 4) is 0 Å². The molecule has 0 fully saturated rings. The number of anilines is 2. The fourth-order valence-corrected chi connectivity index (χ4v) is 3.54. The number of nitrogens with one attached hydrogen (secondary N) is 1. The molecule has 1 heterocycles. The topological polar surface area (TPSA) is 147 Å². The molecule has 0 atom stereocenters. The summed E-state index contributed by atoms with van der Waals surface area (Å²) in [5.74, 6) is -5.01. The molecule has 9 nitrogen and oxygen atoms in total. The van der Waals surface area contributed by atoms with Crippen molar-refractivity contribution >= 4 is 41.0 Å². The van der Waals surface area contributed by atoms with Gasteiger partial charge in [0.15, 0.2) is 0 Å². The third-order valence-corrected chi connectivity index (χ3v) is 5.17. The number of carbonyl (C=O) groups excluding carboxylic acids is 5. The Morgan fingerprint density at radius 3 is 1.82 bits per heavy atom. The van der Waals surface area contributed by atoms with E-state index in [-0.39, 0.29) is 28.1 Å². The van der Waals surface area contributed by atoms with E-state index in [0.29, 0.717) is 5.56 Å². The number of hydrogen-bond acceptors (Lipinski definition) is 7. The summed E-state index contributed by atoms with van der Waals surface area (Å²) >= 11 is 0. The standard InChI is InChI=1S/C24H16N2O7/c1-12-6-7-13(11-19(12)26-21(28)17-4-2-3-5-18(17)22(26)29)20(27)25-16-9-14(23(30)31)8-15(10-16)24(32)33/h2-11H,1H3,(H,25,27)(H,30,31)(H,32,33)/p-2. The molecule has 3 amide bonds. The van der Waals surface area contributed by atoms with Crippen LogP contribution < -0.4 is 20.4 Å². The average molecular weight is 442 g/mol. The first kappa shape index (κ1) is 21.4. The van der Waals surface area contributed by atoms with Crippen LogP contribution in [0.3, 0.4) is 0 Å². The maximum atomic E-state index is 12.8. The van der Waals surface area contributed by atoms with Crippen LogP contribution in [0.5, 0.6) is 0 Å². The van der Waals surface area contributed by atoms with E-state index < -0.39 is 40.8 Å². The van der Waals surface area contributed by atoms with Gasteiger partial charge in [0.1, 0.15) is 0 Å². The van der Waals surface area contributed by atoms with Crippen molar-refractivity contribution in [1.82, 2.24) is 0 Å². The average Bonchev–Trinajstić information content (AvgIpc) is 3.04. The first-order valence-electron chi connectivity index (χ1n) is 9.65. The first-order valence-corrected chi connectivity index (χ1v) is 9.65. The van der Waals surface area contributed by atoms with Gasteiger partial charge in [-0.15, -0.1) is 0 Å². The van der Waals surface area contributed by atoms with E-state index in [1.165, 1.54) is 12.1 Å². The molecule has 1 N–H and O–H groups in total. The van der Waals surface area contributed by atoms with E-state index >= 15 is 0 Å². The van der Waals surface area contributed by atoms with Crippen molar-refractivity contribution in [3.05, 3.63) is 94.0 Å². The molecule has 0 aliphatic carbocycles. The molecule has 1 aliphatic rings. The molecule has 1 aliphatic heterocycles. The Labute approximate surface area is 186 Å². The maximum Gasteiger partial charge on any atom is 0.266 e. The molecule has 9 heteroatoms. The second-order valence-electron chi connectivity index (χ2n) is 7.32. The highest BCUT2D eigenvalue weighted by Crippen LogP contribution is 2.31. The van der Waals surface area contributed by atoms with Gasteiger partial charge < -0.3 is 25.1 Å². The molecule has 164 valence electrons. The van der Waals surface area contributed by atoms with Crippen LogP contribution in [0.2, 0.25) is 0 Å². The summed E-state index contributed by atoms with van der Waals surface area (Å²) in [5.41, 5.74) is 0.332. The Morgan fingerprint density at radius 1 is 0.758 bits per heavy atom. The summed E-state index contributed by atoms with van der Waals surface area (Å²) in [4.78, 5) is 61.8. The zero-order valence-electron chi connectivity index (χ0n) is 17.1. The lowest BCUT2D eigenvalue weighted by atomic mass is 10.1. The molecule has 0 unspecified atom stereocenters. The van der Waals surface area contributed by atoms with E-state index in [0.717, 1.165) is 23.1 Å². The van der Waals surface area contributed by atoms with Crippen molar-refractivity contribution in [2.75, 3.05) is 10.2 Å². The van der Waals surface area contributed by atoms with Gasteiger partial charge in [-0.2, -0.15) is 0 Å².